The highest BCUT2D eigenvalue weighted by Gasteiger charge is 2.33. The predicted octanol–water partition coefficient (Wildman–Crippen LogP) is 1.95. The number of hydrogen-bond donors (Lipinski definition) is 1. The molecule has 0 spiro atoms. The summed E-state index contributed by atoms with van der Waals surface area (Å²) in [6.45, 7) is 2.39. The third-order valence-corrected chi connectivity index (χ3v) is 5.19. The Morgan fingerprint density at radius 3 is 2.53 bits per heavy atom. The third kappa shape index (κ3) is 2.69. The fourth-order valence-electron chi connectivity index (χ4n) is 3.05. The molecule has 1 saturated heterocycles. The Morgan fingerprint density at radius 1 is 1.13 bits per heavy atom. The average Bonchev–Trinajstić information content (AvgIpc) is 2.77. The second kappa shape index (κ2) is 5.55. The summed E-state index contributed by atoms with van der Waals surface area (Å²) in [4.78, 5) is 2.67. The smallest absolute Gasteiger partial charge is 0.0351 e. The molecule has 2 rings (SSSR count). The average molecular weight is 228 g/mol. The van der Waals surface area contributed by atoms with Crippen LogP contribution in [0.25, 0.3) is 0 Å². The summed E-state index contributed by atoms with van der Waals surface area (Å²) in [6, 6.07) is 1.63. The van der Waals surface area contributed by atoms with Gasteiger partial charge in [0.1, 0.15) is 0 Å². The summed E-state index contributed by atoms with van der Waals surface area (Å²) in [6.07, 6.45) is 9.44. The van der Waals surface area contributed by atoms with Crippen LogP contribution in [0.5, 0.6) is 0 Å². The number of nitrogens with zero attached hydrogens (tertiary/aromatic N) is 1. The maximum Gasteiger partial charge on any atom is 0.0351 e. The highest BCUT2D eigenvalue weighted by Crippen LogP contribution is 2.27. The van der Waals surface area contributed by atoms with Crippen LogP contribution in [0.3, 0.4) is 0 Å². The third-order valence-electron chi connectivity index (χ3n) is 4.10. The molecule has 0 aromatic rings. The molecule has 0 bridgehead atoms. The van der Waals surface area contributed by atoms with Gasteiger partial charge in [-0.1, -0.05) is 19.3 Å². The van der Waals surface area contributed by atoms with Gasteiger partial charge in [-0.25, -0.2) is 0 Å². The van der Waals surface area contributed by atoms with E-state index >= 15 is 0 Å². The first kappa shape index (κ1) is 11.7. The van der Waals surface area contributed by atoms with E-state index in [2.05, 4.69) is 23.5 Å². The minimum Gasteiger partial charge on any atom is -0.314 e. The van der Waals surface area contributed by atoms with Crippen LogP contribution < -0.4 is 5.32 Å². The number of thioether (sulfide) groups is 1. The van der Waals surface area contributed by atoms with Gasteiger partial charge in [0.05, 0.1) is 0 Å². The Hall–Kier alpha value is 0.270. The molecule has 1 aliphatic carbocycles. The van der Waals surface area contributed by atoms with Crippen molar-refractivity contribution in [2.75, 3.05) is 26.4 Å². The zero-order valence-electron chi connectivity index (χ0n) is 10.0. The highest BCUT2D eigenvalue weighted by molar-refractivity contribution is 7.99. The molecule has 0 radical (unpaired) electrons. The molecule has 0 aromatic heterocycles. The van der Waals surface area contributed by atoms with Crippen LogP contribution in [0.4, 0.5) is 0 Å². The van der Waals surface area contributed by atoms with Gasteiger partial charge in [0.2, 0.25) is 0 Å². The highest BCUT2D eigenvalue weighted by atomic mass is 32.2. The Balaban J connectivity index is 1.90. The molecule has 15 heavy (non-hydrogen) atoms. The lowest BCUT2D eigenvalue weighted by Crippen LogP contribution is -2.46. The molecule has 88 valence electrons. The molecule has 2 aliphatic rings. The summed E-state index contributed by atoms with van der Waals surface area (Å²) in [5, 5.41) is 4.33. The van der Waals surface area contributed by atoms with Crippen LogP contribution >= 0.6 is 11.8 Å². The van der Waals surface area contributed by atoms with E-state index < -0.39 is 0 Å². The van der Waals surface area contributed by atoms with Gasteiger partial charge in [-0.3, -0.25) is 4.90 Å². The van der Waals surface area contributed by atoms with Crippen LogP contribution in [-0.2, 0) is 0 Å². The van der Waals surface area contributed by atoms with Crippen molar-refractivity contribution in [3.8, 4) is 0 Å². The Labute approximate surface area is 98.2 Å². The van der Waals surface area contributed by atoms with Crippen LogP contribution in [0, 0.1) is 0 Å². The topological polar surface area (TPSA) is 15.3 Å². The lowest BCUT2D eigenvalue weighted by Gasteiger charge is -2.37. The summed E-state index contributed by atoms with van der Waals surface area (Å²) >= 11 is 2.03. The molecule has 3 heteroatoms. The van der Waals surface area contributed by atoms with E-state index in [1.165, 1.54) is 45.2 Å². The van der Waals surface area contributed by atoms with E-state index in [-0.39, 0.29) is 0 Å². The van der Waals surface area contributed by atoms with Gasteiger partial charge in [0.25, 0.3) is 0 Å². The van der Waals surface area contributed by atoms with Crippen molar-refractivity contribution in [1.29, 1.82) is 0 Å². The first-order valence-electron chi connectivity index (χ1n) is 6.28. The standard InChI is InChI=1S/C12H24N2S/c1-14(10-6-4-3-5-7-10)11-8-13-9-12(11)15-2/h10-13H,3-9H2,1-2H3. The number of hydrogen-bond acceptors (Lipinski definition) is 3. The first-order valence-corrected chi connectivity index (χ1v) is 7.57. The molecule has 2 unspecified atom stereocenters. The van der Waals surface area contributed by atoms with Gasteiger partial charge in [-0.2, -0.15) is 11.8 Å². The molecule has 1 heterocycles. The molecule has 2 atom stereocenters. The summed E-state index contributed by atoms with van der Waals surface area (Å²) < 4.78 is 0. The van der Waals surface area contributed by atoms with Gasteiger partial charge in [0.15, 0.2) is 0 Å². The van der Waals surface area contributed by atoms with E-state index in [0.29, 0.717) is 0 Å². The van der Waals surface area contributed by atoms with Crippen LogP contribution in [-0.4, -0.2) is 48.6 Å². The number of rotatable bonds is 3. The summed E-state index contributed by atoms with van der Waals surface area (Å²) in [5.41, 5.74) is 0. The van der Waals surface area contributed by atoms with E-state index in [4.69, 9.17) is 0 Å². The van der Waals surface area contributed by atoms with Crippen LogP contribution in [0.2, 0.25) is 0 Å². The van der Waals surface area contributed by atoms with Crippen molar-refractivity contribution in [3.63, 3.8) is 0 Å². The van der Waals surface area contributed by atoms with E-state index in [0.717, 1.165) is 17.3 Å². The number of likely N-dealkylation sites (N-methyl/N-ethyl adjacent to an activating group) is 1. The van der Waals surface area contributed by atoms with E-state index in [9.17, 15) is 0 Å². The Kier molecular flexibility index (Phi) is 4.35. The lowest BCUT2D eigenvalue weighted by atomic mass is 9.93. The normalized spacial score (nSPS) is 33.8. The SMILES string of the molecule is CSC1CNCC1N(C)C1CCCCC1. The van der Waals surface area contributed by atoms with Gasteiger partial charge in [-0.05, 0) is 26.1 Å². The zero-order valence-corrected chi connectivity index (χ0v) is 10.9. The van der Waals surface area contributed by atoms with Crippen molar-refractivity contribution in [2.24, 2.45) is 0 Å². The molecular weight excluding hydrogens is 204 g/mol. The van der Waals surface area contributed by atoms with Gasteiger partial charge in [-0.15, -0.1) is 0 Å². The predicted molar refractivity (Wildman–Crippen MR) is 68.6 cm³/mol. The van der Waals surface area contributed by atoms with Crippen molar-refractivity contribution in [2.45, 2.75) is 49.4 Å². The maximum absolute atomic E-state index is 3.53. The minimum atomic E-state index is 0.767. The van der Waals surface area contributed by atoms with Crippen molar-refractivity contribution < 1.29 is 0 Å². The molecule has 0 aromatic carbocycles. The molecular formula is C12H24N2S. The van der Waals surface area contributed by atoms with Gasteiger partial charge >= 0.3 is 0 Å². The van der Waals surface area contributed by atoms with Crippen molar-refractivity contribution in [3.05, 3.63) is 0 Å². The zero-order chi connectivity index (χ0) is 10.7. The fourth-order valence-corrected chi connectivity index (χ4v) is 3.93. The largest absolute Gasteiger partial charge is 0.314 e. The Bertz CT molecular complexity index is 192. The summed E-state index contributed by atoms with van der Waals surface area (Å²) in [5.74, 6) is 0. The second-order valence-electron chi connectivity index (χ2n) is 4.96. The lowest BCUT2D eigenvalue weighted by molar-refractivity contribution is 0.148. The molecule has 0 amide bonds. The first-order chi connectivity index (χ1) is 7.33. The van der Waals surface area contributed by atoms with Crippen molar-refractivity contribution in [1.82, 2.24) is 10.2 Å². The summed E-state index contributed by atoms with van der Waals surface area (Å²) in [7, 11) is 2.34. The van der Waals surface area contributed by atoms with E-state index in [1.54, 1.807) is 0 Å². The van der Waals surface area contributed by atoms with Gasteiger partial charge in [0, 0.05) is 30.4 Å². The minimum absolute atomic E-state index is 0.767. The molecule has 1 saturated carbocycles. The molecule has 1 aliphatic heterocycles. The fraction of sp³-hybridized carbons (Fsp3) is 1.00. The van der Waals surface area contributed by atoms with Crippen LogP contribution in [0.15, 0.2) is 0 Å². The molecule has 2 nitrogen and oxygen atoms in total. The quantitative estimate of drug-likeness (QED) is 0.795. The molecule has 2 fully saturated rings. The Morgan fingerprint density at radius 2 is 1.87 bits per heavy atom. The maximum atomic E-state index is 3.53. The van der Waals surface area contributed by atoms with E-state index in [1.807, 2.05) is 11.8 Å². The van der Waals surface area contributed by atoms with Gasteiger partial charge < -0.3 is 5.32 Å². The van der Waals surface area contributed by atoms with Crippen LogP contribution in [0.1, 0.15) is 32.1 Å². The second-order valence-corrected chi connectivity index (χ2v) is 6.03. The monoisotopic (exact) mass is 228 g/mol. The van der Waals surface area contributed by atoms with Crippen molar-refractivity contribution >= 4 is 11.8 Å². The number of nitrogens with one attached hydrogen (secondary N) is 1. The molecule has 1 N–H and O–H groups in total.